The minimum Gasteiger partial charge on any atom is -0.464 e. The largest absolute Gasteiger partial charge is 0.464 e. The van der Waals surface area contributed by atoms with Crippen molar-refractivity contribution < 1.29 is 23.8 Å². The van der Waals surface area contributed by atoms with Gasteiger partial charge in [-0.15, -0.1) is 0 Å². The summed E-state index contributed by atoms with van der Waals surface area (Å²) in [5, 5.41) is 7.17. The molecule has 9 nitrogen and oxygen atoms in total. The van der Waals surface area contributed by atoms with Gasteiger partial charge in [-0.2, -0.15) is 0 Å². The van der Waals surface area contributed by atoms with Gasteiger partial charge in [0.1, 0.15) is 11.8 Å². The average molecular weight is 479 g/mol. The van der Waals surface area contributed by atoms with Crippen LogP contribution in [0.3, 0.4) is 0 Å². The molecule has 9 heteroatoms. The number of nitrogens with one attached hydrogen (secondary N) is 2. The Balaban J connectivity index is 1.59. The van der Waals surface area contributed by atoms with Gasteiger partial charge in [-0.3, -0.25) is 4.79 Å². The maximum absolute atomic E-state index is 13.0. The Morgan fingerprint density at radius 1 is 1.14 bits per heavy atom. The van der Waals surface area contributed by atoms with Gasteiger partial charge in [-0.1, -0.05) is 30.3 Å². The molecule has 4 heterocycles. The summed E-state index contributed by atoms with van der Waals surface area (Å²) in [5.41, 5.74) is 3.07. The first kappa shape index (κ1) is 23.3. The van der Waals surface area contributed by atoms with Crippen LogP contribution in [-0.4, -0.2) is 60.5 Å². The number of hydrogen-bond donors (Lipinski definition) is 2. The van der Waals surface area contributed by atoms with E-state index >= 15 is 0 Å². The molecule has 5 rings (SSSR count). The van der Waals surface area contributed by atoms with Crippen LogP contribution in [0.2, 0.25) is 0 Å². The zero-order valence-electron chi connectivity index (χ0n) is 19.8. The molecule has 0 bridgehead atoms. The molecular formula is C26H30N4O5. The fraction of sp³-hybridized carbons (Fsp3) is 0.423. The molecule has 0 radical (unpaired) electrons. The Morgan fingerprint density at radius 3 is 2.66 bits per heavy atom. The van der Waals surface area contributed by atoms with E-state index in [9.17, 15) is 9.59 Å². The lowest BCUT2D eigenvalue weighted by Crippen LogP contribution is -2.28. The zero-order chi connectivity index (χ0) is 24.2. The average Bonchev–Trinajstić information content (AvgIpc) is 3.53. The van der Waals surface area contributed by atoms with Crippen molar-refractivity contribution >= 4 is 34.3 Å². The van der Waals surface area contributed by atoms with E-state index in [2.05, 4.69) is 10.6 Å². The minimum absolute atomic E-state index is 0.258. The summed E-state index contributed by atoms with van der Waals surface area (Å²) < 4.78 is 18.0. The molecular weight excluding hydrogens is 448 g/mol. The number of nitrogens with zero attached hydrogens (tertiary/aromatic N) is 2. The van der Waals surface area contributed by atoms with Crippen LogP contribution in [0.15, 0.2) is 42.6 Å². The van der Waals surface area contributed by atoms with E-state index in [0.717, 1.165) is 43.7 Å². The third kappa shape index (κ3) is 5.01. The van der Waals surface area contributed by atoms with E-state index in [0.29, 0.717) is 36.3 Å². The van der Waals surface area contributed by atoms with Crippen molar-refractivity contribution in [3.63, 3.8) is 0 Å². The summed E-state index contributed by atoms with van der Waals surface area (Å²) in [4.78, 5) is 30.8. The Hall–Kier alpha value is -3.43. The number of amides is 1. The van der Waals surface area contributed by atoms with Crippen LogP contribution in [0.25, 0.3) is 11.0 Å². The van der Waals surface area contributed by atoms with Crippen LogP contribution in [0.5, 0.6) is 0 Å². The van der Waals surface area contributed by atoms with E-state index in [4.69, 9.17) is 19.2 Å². The number of hydrogen-bond acceptors (Lipinski definition) is 7. The number of fused-ring (bicyclic) bond motifs is 1. The Morgan fingerprint density at radius 2 is 1.94 bits per heavy atom. The molecule has 2 fully saturated rings. The number of carbonyl (C=O) groups is 2. The van der Waals surface area contributed by atoms with Crippen molar-refractivity contribution in [1.29, 1.82) is 0 Å². The lowest BCUT2D eigenvalue weighted by molar-refractivity contribution is -0.124. The summed E-state index contributed by atoms with van der Waals surface area (Å²) in [5.74, 6) is -0.810. The minimum atomic E-state index is -0.541. The van der Waals surface area contributed by atoms with Gasteiger partial charge in [0.15, 0.2) is 5.69 Å². The van der Waals surface area contributed by atoms with Crippen LogP contribution in [0.1, 0.15) is 41.7 Å². The number of benzene rings is 1. The van der Waals surface area contributed by atoms with E-state index in [1.807, 2.05) is 36.4 Å². The fourth-order valence-electron chi connectivity index (χ4n) is 4.73. The summed E-state index contributed by atoms with van der Waals surface area (Å²) in [6, 6.07) is 12.0. The summed E-state index contributed by atoms with van der Waals surface area (Å²) in [6.45, 7) is 2.39. The quantitative estimate of drug-likeness (QED) is 0.500. The lowest BCUT2D eigenvalue weighted by Gasteiger charge is -2.24. The first-order valence-electron chi connectivity index (χ1n) is 12.0. The van der Waals surface area contributed by atoms with Gasteiger partial charge in [0.05, 0.1) is 24.7 Å². The van der Waals surface area contributed by atoms with Gasteiger partial charge in [0.2, 0.25) is 0 Å². The highest BCUT2D eigenvalue weighted by Gasteiger charge is 2.30. The second-order valence-electron chi connectivity index (χ2n) is 8.90. The van der Waals surface area contributed by atoms with E-state index in [1.54, 1.807) is 10.8 Å². The van der Waals surface area contributed by atoms with E-state index in [-0.39, 0.29) is 17.6 Å². The number of ether oxygens (including phenoxy) is 3. The molecule has 0 aliphatic carbocycles. The number of rotatable bonds is 7. The summed E-state index contributed by atoms with van der Waals surface area (Å²) >= 11 is 0. The van der Waals surface area contributed by atoms with Gasteiger partial charge in [0, 0.05) is 37.8 Å². The maximum atomic E-state index is 13.0. The highest BCUT2D eigenvalue weighted by atomic mass is 16.5. The predicted octanol–water partition coefficient (Wildman–Crippen LogP) is 3.58. The van der Waals surface area contributed by atoms with Crippen molar-refractivity contribution in [1.82, 2.24) is 9.55 Å². The number of aromatic nitrogens is 2. The Bertz CT molecular complexity index is 1200. The Labute approximate surface area is 203 Å². The van der Waals surface area contributed by atoms with Crippen LogP contribution in [-0.2, 0) is 25.5 Å². The monoisotopic (exact) mass is 478 g/mol. The summed E-state index contributed by atoms with van der Waals surface area (Å²) in [7, 11) is 1.34. The first-order valence-corrected chi connectivity index (χ1v) is 12.0. The fourth-order valence-corrected chi connectivity index (χ4v) is 4.73. The van der Waals surface area contributed by atoms with Crippen molar-refractivity contribution in [3.05, 3.63) is 53.9 Å². The molecule has 2 aromatic heterocycles. The molecule has 1 unspecified atom stereocenters. The molecule has 2 aliphatic rings. The molecule has 35 heavy (non-hydrogen) atoms. The van der Waals surface area contributed by atoms with Crippen LogP contribution >= 0.6 is 0 Å². The standard InChI is InChI=1S/C26H30N4O5/c1-33-26(32)23-22(29-25(31)21-8-5-11-35-21)20-14-19(28-18-9-12-34-13-10-18)15-27-24(20)30(23)16-17-6-3-2-4-7-17/h2-4,6-7,14-15,18,21,28H,5,8-13,16H2,1H3,(H,29,31). The van der Waals surface area contributed by atoms with Crippen molar-refractivity contribution in [2.75, 3.05) is 37.6 Å². The predicted molar refractivity (Wildman–Crippen MR) is 132 cm³/mol. The van der Waals surface area contributed by atoms with Gasteiger partial charge < -0.3 is 29.4 Å². The van der Waals surface area contributed by atoms with Gasteiger partial charge in [-0.25, -0.2) is 9.78 Å². The third-order valence-electron chi connectivity index (χ3n) is 6.52. The van der Waals surface area contributed by atoms with Crippen LogP contribution < -0.4 is 10.6 Å². The van der Waals surface area contributed by atoms with E-state index < -0.39 is 12.1 Å². The normalized spacial score (nSPS) is 18.5. The molecule has 3 aromatic rings. The molecule has 1 atom stereocenters. The highest BCUT2D eigenvalue weighted by molar-refractivity contribution is 6.12. The van der Waals surface area contributed by atoms with Crippen molar-refractivity contribution in [2.24, 2.45) is 0 Å². The number of esters is 1. The molecule has 2 saturated heterocycles. The molecule has 184 valence electrons. The van der Waals surface area contributed by atoms with Crippen LogP contribution in [0.4, 0.5) is 11.4 Å². The second kappa shape index (κ2) is 10.5. The van der Waals surface area contributed by atoms with Crippen molar-refractivity contribution in [3.8, 4) is 0 Å². The lowest BCUT2D eigenvalue weighted by atomic mass is 10.1. The Kier molecular flexibility index (Phi) is 6.96. The van der Waals surface area contributed by atoms with Crippen molar-refractivity contribution in [2.45, 2.75) is 44.4 Å². The SMILES string of the molecule is COC(=O)c1c(NC(=O)C2CCCO2)c2cc(NC3CCOCC3)cnc2n1Cc1ccccc1. The van der Waals surface area contributed by atoms with E-state index in [1.165, 1.54) is 7.11 Å². The second-order valence-corrected chi connectivity index (χ2v) is 8.90. The van der Waals surface area contributed by atoms with Crippen LogP contribution in [0, 0.1) is 0 Å². The molecule has 0 saturated carbocycles. The molecule has 0 spiro atoms. The zero-order valence-corrected chi connectivity index (χ0v) is 19.8. The molecule has 1 aromatic carbocycles. The van der Waals surface area contributed by atoms with Gasteiger partial charge in [-0.05, 0) is 37.3 Å². The van der Waals surface area contributed by atoms with Gasteiger partial charge >= 0.3 is 5.97 Å². The number of carbonyl (C=O) groups excluding carboxylic acids is 2. The smallest absolute Gasteiger partial charge is 0.356 e. The molecule has 1 amide bonds. The number of methoxy groups -OCH3 is 1. The number of pyridine rings is 1. The third-order valence-corrected chi connectivity index (χ3v) is 6.52. The number of anilines is 2. The highest BCUT2D eigenvalue weighted by Crippen LogP contribution is 2.34. The molecule has 2 aliphatic heterocycles. The topological polar surface area (TPSA) is 104 Å². The summed E-state index contributed by atoms with van der Waals surface area (Å²) in [6.07, 6.45) is 4.53. The molecule has 2 N–H and O–H groups in total. The van der Waals surface area contributed by atoms with Gasteiger partial charge in [0.25, 0.3) is 5.91 Å². The maximum Gasteiger partial charge on any atom is 0.356 e. The first-order chi connectivity index (χ1) is 17.1.